The Kier molecular flexibility index (Phi) is 4.60. The van der Waals surface area contributed by atoms with E-state index in [0.29, 0.717) is 5.75 Å². The molecule has 0 spiro atoms. The molecule has 1 aliphatic heterocycles. The van der Waals surface area contributed by atoms with Crippen LogP contribution in [0.25, 0.3) is 0 Å². The number of carboxylic acid groups (broad SMARTS) is 1. The molecule has 1 aromatic rings. The number of carboxylic acids is 1. The van der Waals surface area contributed by atoms with Gasteiger partial charge in [0, 0.05) is 4.90 Å². The van der Waals surface area contributed by atoms with E-state index < -0.39 is 16.8 Å². The highest BCUT2D eigenvalue weighted by Gasteiger charge is 2.32. The zero-order chi connectivity index (χ0) is 14.8. The fourth-order valence-electron chi connectivity index (χ4n) is 2.39. The molecular formula is C15H20O4S. The van der Waals surface area contributed by atoms with Crippen LogP contribution in [0.4, 0.5) is 0 Å². The van der Waals surface area contributed by atoms with Crippen molar-refractivity contribution in [1.82, 2.24) is 0 Å². The Morgan fingerprint density at radius 2 is 2.05 bits per heavy atom. The Balaban J connectivity index is 1.94. The van der Waals surface area contributed by atoms with Crippen LogP contribution in [-0.4, -0.2) is 32.7 Å². The highest BCUT2D eigenvalue weighted by molar-refractivity contribution is 7.85. The summed E-state index contributed by atoms with van der Waals surface area (Å²) < 4.78 is 18.1. The SMILES string of the molecule is CC1(C)CCC(CS(=O)c2ccc(CC(=O)O)cc2)O1. The van der Waals surface area contributed by atoms with Crippen LogP contribution in [0.2, 0.25) is 0 Å². The predicted octanol–water partition coefficient (Wildman–Crippen LogP) is 2.38. The van der Waals surface area contributed by atoms with Gasteiger partial charge in [0.1, 0.15) is 0 Å². The molecule has 1 saturated heterocycles. The van der Waals surface area contributed by atoms with Gasteiger partial charge in [-0.15, -0.1) is 0 Å². The van der Waals surface area contributed by atoms with Crippen molar-refractivity contribution in [3.8, 4) is 0 Å². The van der Waals surface area contributed by atoms with Crippen LogP contribution in [0.3, 0.4) is 0 Å². The van der Waals surface area contributed by atoms with Gasteiger partial charge in [0.15, 0.2) is 0 Å². The van der Waals surface area contributed by atoms with E-state index in [9.17, 15) is 9.00 Å². The number of benzene rings is 1. The van der Waals surface area contributed by atoms with Crippen molar-refractivity contribution in [3.05, 3.63) is 29.8 Å². The van der Waals surface area contributed by atoms with E-state index in [4.69, 9.17) is 9.84 Å². The highest BCUT2D eigenvalue weighted by atomic mass is 32.2. The Morgan fingerprint density at radius 1 is 1.40 bits per heavy atom. The lowest BCUT2D eigenvalue weighted by molar-refractivity contribution is -0.136. The summed E-state index contributed by atoms with van der Waals surface area (Å²) in [6.45, 7) is 4.10. The summed E-state index contributed by atoms with van der Waals surface area (Å²) in [5, 5.41) is 8.71. The first-order valence-electron chi connectivity index (χ1n) is 6.73. The van der Waals surface area contributed by atoms with Crippen LogP contribution in [-0.2, 0) is 26.8 Å². The van der Waals surface area contributed by atoms with Crippen molar-refractivity contribution >= 4 is 16.8 Å². The Bertz CT molecular complexity index is 507. The van der Waals surface area contributed by atoms with Crippen molar-refractivity contribution in [1.29, 1.82) is 0 Å². The molecule has 4 nitrogen and oxygen atoms in total. The van der Waals surface area contributed by atoms with Crippen LogP contribution < -0.4 is 0 Å². The third-order valence-corrected chi connectivity index (χ3v) is 4.91. The lowest BCUT2D eigenvalue weighted by Crippen LogP contribution is -2.23. The first kappa shape index (κ1) is 15.2. The van der Waals surface area contributed by atoms with Gasteiger partial charge in [-0.25, -0.2) is 0 Å². The summed E-state index contributed by atoms with van der Waals surface area (Å²) in [7, 11) is -1.10. The van der Waals surface area contributed by atoms with Gasteiger partial charge >= 0.3 is 5.97 Å². The first-order chi connectivity index (χ1) is 9.35. The Hall–Kier alpha value is -1.20. The molecule has 1 fully saturated rings. The zero-order valence-electron chi connectivity index (χ0n) is 11.8. The van der Waals surface area contributed by atoms with Gasteiger partial charge in [-0.05, 0) is 44.4 Å². The summed E-state index contributed by atoms with van der Waals surface area (Å²) in [6.07, 6.45) is 1.97. The second-order valence-electron chi connectivity index (χ2n) is 5.76. The highest BCUT2D eigenvalue weighted by Crippen LogP contribution is 2.30. The number of carbonyl (C=O) groups is 1. The molecule has 5 heteroatoms. The topological polar surface area (TPSA) is 63.6 Å². The summed E-state index contributed by atoms with van der Waals surface area (Å²) in [5.41, 5.74) is 0.608. The van der Waals surface area contributed by atoms with E-state index >= 15 is 0 Å². The van der Waals surface area contributed by atoms with Crippen molar-refractivity contribution in [2.45, 2.75) is 49.7 Å². The monoisotopic (exact) mass is 296 g/mol. The normalized spacial score (nSPS) is 22.6. The predicted molar refractivity (Wildman–Crippen MR) is 77.2 cm³/mol. The minimum absolute atomic E-state index is 0.00710. The molecule has 1 N–H and O–H groups in total. The fraction of sp³-hybridized carbons (Fsp3) is 0.533. The summed E-state index contributed by atoms with van der Waals surface area (Å²) in [6, 6.07) is 6.94. The lowest BCUT2D eigenvalue weighted by Gasteiger charge is -2.19. The van der Waals surface area contributed by atoms with Gasteiger partial charge in [-0.1, -0.05) is 12.1 Å². The van der Waals surface area contributed by atoms with Crippen LogP contribution in [0.15, 0.2) is 29.2 Å². The first-order valence-corrected chi connectivity index (χ1v) is 8.04. The van der Waals surface area contributed by atoms with Gasteiger partial charge in [-0.2, -0.15) is 0 Å². The van der Waals surface area contributed by atoms with E-state index in [1.54, 1.807) is 24.3 Å². The van der Waals surface area contributed by atoms with E-state index in [-0.39, 0.29) is 18.1 Å². The smallest absolute Gasteiger partial charge is 0.307 e. The lowest BCUT2D eigenvalue weighted by atomic mass is 10.1. The molecule has 1 aliphatic rings. The van der Waals surface area contributed by atoms with Gasteiger partial charge in [0.2, 0.25) is 0 Å². The van der Waals surface area contributed by atoms with Gasteiger partial charge in [0.25, 0.3) is 0 Å². The molecule has 0 bridgehead atoms. The molecule has 0 aliphatic carbocycles. The molecule has 0 saturated carbocycles. The summed E-state index contributed by atoms with van der Waals surface area (Å²) in [5.74, 6) is -0.359. The second kappa shape index (κ2) is 6.06. The number of hydrogen-bond acceptors (Lipinski definition) is 3. The average molecular weight is 296 g/mol. The van der Waals surface area contributed by atoms with Crippen LogP contribution in [0.1, 0.15) is 32.3 Å². The molecule has 0 amide bonds. The van der Waals surface area contributed by atoms with Gasteiger partial charge < -0.3 is 9.84 Å². The molecule has 2 unspecified atom stereocenters. The van der Waals surface area contributed by atoms with Gasteiger partial charge in [-0.3, -0.25) is 9.00 Å². The largest absolute Gasteiger partial charge is 0.481 e. The van der Waals surface area contributed by atoms with Crippen molar-refractivity contribution in [2.24, 2.45) is 0 Å². The average Bonchev–Trinajstić information content (AvgIpc) is 2.68. The molecule has 20 heavy (non-hydrogen) atoms. The zero-order valence-corrected chi connectivity index (χ0v) is 12.6. The molecule has 0 aromatic heterocycles. The third kappa shape index (κ3) is 4.15. The fourth-order valence-corrected chi connectivity index (χ4v) is 3.60. The third-order valence-electron chi connectivity index (χ3n) is 3.43. The number of hydrogen-bond donors (Lipinski definition) is 1. The quantitative estimate of drug-likeness (QED) is 0.906. The minimum atomic E-state index is -1.10. The van der Waals surface area contributed by atoms with E-state index in [2.05, 4.69) is 13.8 Å². The Labute approximate surface area is 121 Å². The molecular weight excluding hydrogens is 276 g/mol. The molecule has 1 aromatic carbocycles. The van der Waals surface area contributed by atoms with Crippen LogP contribution >= 0.6 is 0 Å². The van der Waals surface area contributed by atoms with E-state index in [1.165, 1.54) is 0 Å². The Morgan fingerprint density at radius 3 is 2.55 bits per heavy atom. The molecule has 0 radical (unpaired) electrons. The maximum atomic E-state index is 12.3. The summed E-state index contributed by atoms with van der Waals surface area (Å²) >= 11 is 0. The summed E-state index contributed by atoms with van der Waals surface area (Å²) in [4.78, 5) is 11.3. The number of rotatable bonds is 5. The van der Waals surface area contributed by atoms with Crippen molar-refractivity contribution in [3.63, 3.8) is 0 Å². The van der Waals surface area contributed by atoms with Crippen LogP contribution in [0.5, 0.6) is 0 Å². The minimum Gasteiger partial charge on any atom is -0.481 e. The number of ether oxygens (including phenoxy) is 1. The molecule has 2 atom stereocenters. The van der Waals surface area contributed by atoms with Crippen LogP contribution in [0, 0.1) is 0 Å². The van der Waals surface area contributed by atoms with Crippen molar-refractivity contribution in [2.75, 3.05) is 5.75 Å². The number of aliphatic carboxylic acids is 1. The van der Waals surface area contributed by atoms with E-state index in [0.717, 1.165) is 23.3 Å². The maximum Gasteiger partial charge on any atom is 0.307 e. The van der Waals surface area contributed by atoms with E-state index in [1.807, 2.05) is 0 Å². The van der Waals surface area contributed by atoms with Crippen molar-refractivity contribution < 1.29 is 18.8 Å². The second-order valence-corrected chi connectivity index (χ2v) is 7.26. The van der Waals surface area contributed by atoms with Gasteiger partial charge in [0.05, 0.1) is 34.7 Å². The molecule has 2 rings (SSSR count). The molecule has 110 valence electrons. The standard InChI is InChI=1S/C15H20O4S/c1-15(2)8-7-12(19-15)10-20(18)13-5-3-11(4-6-13)9-14(16)17/h3-6,12H,7-10H2,1-2H3,(H,16,17). The maximum absolute atomic E-state index is 12.3. The molecule has 1 heterocycles.